The number of carboxylic acid groups (broad SMARTS) is 1. The number of aromatic carboxylic acids is 1. The van der Waals surface area contributed by atoms with E-state index in [1.807, 2.05) is 7.05 Å². The molecule has 0 saturated carbocycles. The molecule has 0 aromatic heterocycles. The third kappa shape index (κ3) is 5.52. The number of rotatable bonds is 8. The first-order valence-corrected chi connectivity index (χ1v) is 6.37. The van der Waals surface area contributed by atoms with Gasteiger partial charge in [0, 0.05) is 13.0 Å². The van der Waals surface area contributed by atoms with Gasteiger partial charge in [-0.05, 0) is 38.1 Å². The lowest BCUT2D eigenvalue weighted by Crippen LogP contribution is -2.26. The van der Waals surface area contributed by atoms with Crippen LogP contribution in [0.15, 0.2) is 24.3 Å². The van der Waals surface area contributed by atoms with Crippen LogP contribution >= 0.6 is 0 Å². The van der Waals surface area contributed by atoms with E-state index < -0.39 is 5.97 Å². The van der Waals surface area contributed by atoms with Gasteiger partial charge in [-0.25, -0.2) is 4.79 Å². The summed E-state index contributed by atoms with van der Waals surface area (Å²) < 4.78 is 0. The molecule has 3 N–H and O–H groups in total. The van der Waals surface area contributed by atoms with Gasteiger partial charge in [-0.2, -0.15) is 0 Å². The maximum absolute atomic E-state index is 11.5. The predicted octanol–water partition coefficient (Wildman–Crippen LogP) is 1.04. The van der Waals surface area contributed by atoms with Crippen molar-refractivity contribution in [3.05, 3.63) is 35.4 Å². The normalized spacial score (nSPS) is 10.2. The summed E-state index contributed by atoms with van der Waals surface area (Å²) in [4.78, 5) is 22.5. The van der Waals surface area contributed by atoms with Crippen LogP contribution in [-0.2, 0) is 11.2 Å². The lowest BCUT2D eigenvalue weighted by molar-refractivity contribution is -0.121. The second-order valence-corrected chi connectivity index (χ2v) is 4.27. The zero-order valence-electron chi connectivity index (χ0n) is 11.1. The highest BCUT2D eigenvalue weighted by atomic mass is 16.4. The Labute approximate surface area is 113 Å². The van der Waals surface area contributed by atoms with Crippen LogP contribution in [0, 0.1) is 0 Å². The monoisotopic (exact) mass is 264 g/mol. The number of amides is 1. The number of hydrogen-bond donors (Lipinski definition) is 3. The minimum atomic E-state index is -0.934. The molecule has 0 fully saturated rings. The molecule has 0 aliphatic heterocycles. The zero-order chi connectivity index (χ0) is 14.1. The van der Waals surface area contributed by atoms with E-state index in [1.165, 1.54) is 0 Å². The number of hydrogen-bond acceptors (Lipinski definition) is 3. The molecule has 0 aliphatic carbocycles. The summed E-state index contributed by atoms with van der Waals surface area (Å²) in [6.45, 7) is 1.28. The number of carboxylic acids is 1. The molecule has 0 spiro atoms. The van der Waals surface area contributed by atoms with Crippen LogP contribution in [0.5, 0.6) is 0 Å². The van der Waals surface area contributed by atoms with Crippen LogP contribution in [0.2, 0.25) is 0 Å². The van der Waals surface area contributed by atoms with Crippen molar-refractivity contribution in [2.75, 3.05) is 20.1 Å². The SMILES string of the molecule is CNCCCC(=O)NCCc1ccccc1C(=O)O. The van der Waals surface area contributed by atoms with Crippen LogP contribution in [0.3, 0.4) is 0 Å². The number of nitrogens with one attached hydrogen (secondary N) is 2. The molecule has 1 amide bonds. The van der Waals surface area contributed by atoms with Gasteiger partial charge >= 0.3 is 5.97 Å². The lowest BCUT2D eigenvalue weighted by Gasteiger charge is -2.07. The van der Waals surface area contributed by atoms with E-state index in [1.54, 1.807) is 24.3 Å². The van der Waals surface area contributed by atoms with Crippen molar-refractivity contribution in [3.8, 4) is 0 Å². The van der Waals surface area contributed by atoms with Crippen LogP contribution < -0.4 is 10.6 Å². The van der Waals surface area contributed by atoms with Crippen molar-refractivity contribution in [2.24, 2.45) is 0 Å². The van der Waals surface area contributed by atoms with Gasteiger partial charge in [-0.3, -0.25) is 4.79 Å². The van der Waals surface area contributed by atoms with E-state index in [-0.39, 0.29) is 5.91 Å². The van der Waals surface area contributed by atoms with Gasteiger partial charge in [0.15, 0.2) is 0 Å². The highest BCUT2D eigenvalue weighted by Crippen LogP contribution is 2.08. The molecular formula is C14H20N2O3. The summed E-state index contributed by atoms with van der Waals surface area (Å²) in [5.41, 5.74) is 1.04. The summed E-state index contributed by atoms with van der Waals surface area (Å²) >= 11 is 0. The summed E-state index contributed by atoms with van der Waals surface area (Å²) in [5.74, 6) is -0.931. The lowest BCUT2D eigenvalue weighted by atomic mass is 10.0. The van der Waals surface area contributed by atoms with Gasteiger partial charge < -0.3 is 15.7 Å². The molecule has 0 atom stereocenters. The molecule has 0 heterocycles. The average molecular weight is 264 g/mol. The summed E-state index contributed by atoms with van der Waals surface area (Å²) in [6, 6.07) is 6.85. The molecule has 0 unspecified atom stereocenters. The molecule has 19 heavy (non-hydrogen) atoms. The molecule has 1 aromatic rings. The van der Waals surface area contributed by atoms with Crippen molar-refractivity contribution in [1.29, 1.82) is 0 Å². The fraction of sp³-hybridized carbons (Fsp3) is 0.429. The van der Waals surface area contributed by atoms with Gasteiger partial charge in [0.05, 0.1) is 5.56 Å². The van der Waals surface area contributed by atoms with Crippen LogP contribution in [0.4, 0.5) is 0 Å². The number of benzene rings is 1. The quantitative estimate of drug-likeness (QED) is 0.613. The Balaban J connectivity index is 2.37. The molecular weight excluding hydrogens is 244 g/mol. The second-order valence-electron chi connectivity index (χ2n) is 4.27. The minimum absolute atomic E-state index is 0.00283. The summed E-state index contributed by atoms with van der Waals surface area (Å²) in [6.07, 6.45) is 1.82. The van der Waals surface area contributed by atoms with Gasteiger partial charge in [0.1, 0.15) is 0 Å². The van der Waals surface area contributed by atoms with Crippen LogP contribution in [0.1, 0.15) is 28.8 Å². The van der Waals surface area contributed by atoms with Gasteiger partial charge in [0.2, 0.25) is 5.91 Å². The standard InChI is InChI=1S/C14H20N2O3/c1-15-9-4-7-13(17)16-10-8-11-5-2-3-6-12(11)14(18)19/h2-3,5-6,15H,4,7-10H2,1H3,(H,16,17)(H,18,19). The predicted molar refractivity (Wildman–Crippen MR) is 73.3 cm³/mol. The minimum Gasteiger partial charge on any atom is -0.478 e. The van der Waals surface area contributed by atoms with Crippen LogP contribution in [0.25, 0.3) is 0 Å². The topological polar surface area (TPSA) is 78.4 Å². The third-order valence-electron chi connectivity index (χ3n) is 2.79. The van der Waals surface area contributed by atoms with E-state index in [0.717, 1.165) is 18.5 Å². The van der Waals surface area contributed by atoms with Crippen molar-refractivity contribution >= 4 is 11.9 Å². The Morgan fingerprint density at radius 3 is 2.63 bits per heavy atom. The molecule has 0 saturated heterocycles. The molecule has 104 valence electrons. The van der Waals surface area contributed by atoms with Crippen molar-refractivity contribution < 1.29 is 14.7 Å². The Bertz CT molecular complexity index is 432. The van der Waals surface area contributed by atoms with E-state index in [9.17, 15) is 9.59 Å². The van der Waals surface area contributed by atoms with Gasteiger partial charge in [0.25, 0.3) is 0 Å². The summed E-state index contributed by atoms with van der Waals surface area (Å²) in [7, 11) is 1.85. The molecule has 1 aromatic carbocycles. The first-order chi connectivity index (χ1) is 9.15. The maximum atomic E-state index is 11.5. The first-order valence-electron chi connectivity index (χ1n) is 6.37. The smallest absolute Gasteiger partial charge is 0.335 e. The fourth-order valence-corrected chi connectivity index (χ4v) is 1.80. The van der Waals surface area contributed by atoms with E-state index in [2.05, 4.69) is 10.6 Å². The zero-order valence-corrected chi connectivity index (χ0v) is 11.1. The maximum Gasteiger partial charge on any atom is 0.335 e. The van der Waals surface area contributed by atoms with Crippen molar-refractivity contribution in [3.63, 3.8) is 0 Å². The van der Waals surface area contributed by atoms with Gasteiger partial charge in [-0.15, -0.1) is 0 Å². The average Bonchev–Trinajstić information content (AvgIpc) is 2.39. The molecule has 5 nitrogen and oxygen atoms in total. The summed E-state index contributed by atoms with van der Waals surface area (Å²) in [5, 5.41) is 14.8. The molecule has 1 rings (SSSR count). The first kappa shape index (κ1) is 15.2. The number of carbonyl (C=O) groups is 2. The Kier molecular flexibility index (Phi) is 6.60. The highest BCUT2D eigenvalue weighted by Gasteiger charge is 2.08. The van der Waals surface area contributed by atoms with Crippen molar-refractivity contribution in [1.82, 2.24) is 10.6 Å². The molecule has 5 heteroatoms. The van der Waals surface area contributed by atoms with E-state index in [0.29, 0.717) is 24.9 Å². The fourth-order valence-electron chi connectivity index (χ4n) is 1.80. The van der Waals surface area contributed by atoms with E-state index in [4.69, 9.17) is 5.11 Å². The van der Waals surface area contributed by atoms with E-state index >= 15 is 0 Å². The molecule has 0 radical (unpaired) electrons. The largest absolute Gasteiger partial charge is 0.478 e. The van der Waals surface area contributed by atoms with Crippen molar-refractivity contribution in [2.45, 2.75) is 19.3 Å². The Hall–Kier alpha value is -1.88. The highest BCUT2D eigenvalue weighted by molar-refractivity contribution is 5.89. The Morgan fingerprint density at radius 2 is 1.95 bits per heavy atom. The Morgan fingerprint density at radius 1 is 1.21 bits per heavy atom. The third-order valence-corrected chi connectivity index (χ3v) is 2.79. The van der Waals surface area contributed by atoms with Crippen LogP contribution in [-0.4, -0.2) is 37.1 Å². The second kappa shape index (κ2) is 8.26. The number of carbonyl (C=O) groups excluding carboxylic acids is 1. The molecule has 0 aliphatic rings. The van der Waals surface area contributed by atoms with Gasteiger partial charge in [-0.1, -0.05) is 18.2 Å². The molecule has 0 bridgehead atoms.